The van der Waals surface area contributed by atoms with Gasteiger partial charge in [-0.3, -0.25) is 14.5 Å². The van der Waals surface area contributed by atoms with Gasteiger partial charge in [0.1, 0.15) is 0 Å². The van der Waals surface area contributed by atoms with E-state index in [1.165, 1.54) is 0 Å². The maximum Gasteiger partial charge on any atom is 0.310 e. The van der Waals surface area contributed by atoms with Crippen molar-refractivity contribution in [3.63, 3.8) is 0 Å². The number of rotatable bonds is 6. The van der Waals surface area contributed by atoms with Crippen LogP contribution in [0.5, 0.6) is 0 Å². The highest BCUT2D eigenvalue weighted by Gasteiger charge is 2.40. The van der Waals surface area contributed by atoms with Crippen LogP contribution in [0.25, 0.3) is 0 Å². The first-order valence-electron chi connectivity index (χ1n) is 6.67. The second kappa shape index (κ2) is 6.86. The smallest absolute Gasteiger partial charge is 0.310 e. The molecule has 1 aliphatic heterocycles. The Morgan fingerprint density at radius 3 is 2.47 bits per heavy atom. The molecule has 1 aliphatic rings. The molecule has 0 aromatic heterocycles. The van der Waals surface area contributed by atoms with Gasteiger partial charge in [-0.15, -0.1) is 0 Å². The molecule has 1 heterocycles. The summed E-state index contributed by atoms with van der Waals surface area (Å²) in [6, 6.07) is -0.556. The van der Waals surface area contributed by atoms with E-state index in [2.05, 4.69) is 0 Å². The number of ether oxygens (including phenoxy) is 1. The maximum absolute atomic E-state index is 12.1. The van der Waals surface area contributed by atoms with Gasteiger partial charge in [-0.1, -0.05) is 6.92 Å². The van der Waals surface area contributed by atoms with E-state index in [0.29, 0.717) is 13.2 Å². The summed E-state index contributed by atoms with van der Waals surface area (Å²) in [5.74, 6) is -1.42. The number of carbonyl (C=O) groups excluding carboxylic acids is 1. The minimum atomic E-state index is -0.854. The van der Waals surface area contributed by atoms with Gasteiger partial charge in [0.2, 0.25) is 5.91 Å². The lowest BCUT2D eigenvalue weighted by molar-refractivity contribution is -0.145. The Morgan fingerprint density at radius 2 is 2.00 bits per heavy atom. The van der Waals surface area contributed by atoms with E-state index < -0.39 is 11.9 Å². The molecule has 110 valence electrons. The Morgan fingerprint density at radius 1 is 1.37 bits per heavy atom. The molecule has 1 saturated heterocycles. The summed E-state index contributed by atoms with van der Waals surface area (Å²) < 4.78 is 5.30. The number of likely N-dealkylation sites (N-methyl/N-ethyl adjacent to an activating group) is 1. The summed E-state index contributed by atoms with van der Waals surface area (Å²) in [6.07, 6.45) is 0.869. The first kappa shape index (κ1) is 15.9. The van der Waals surface area contributed by atoms with E-state index >= 15 is 0 Å². The highest BCUT2D eigenvalue weighted by atomic mass is 16.5. The quantitative estimate of drug-likeness (QED) is 0.752. The Bertz CT molecular complexity index is 333. The molecular formula is C13H24N2O4. The molecule has 6 heteroatoms. The van der Waals surface area contributed by atoms with Crippen LogP contribution in [0.3, 0.4) is 0 Å². The van der Waals surface area contributed by atoms with E-state index in [-0.39, 0.29) is 24.6 Å². The second-order valence-electron chi connectivity index (χ2n) is 5.20. The minimum Gasteiger partial charge on any atom is -0.481 e. The summed E-state index contributed by atoms with van der Waals surface area (Å²) in [4.78, 5) is 26.8. The van der Waals surface area contributed by atoms with Gasteiger partial charge in [0.25, 0.3) is 0 Å². The van der Waals surface area contributed by atoms with E-state index in [1.54, 1.807) is 19.0 Å². The van der Waals surface area contributed by atoms with Crippen LogP contribution in [-0.2, 0) is 14.3 Å². The van der Waals surface area contributed by atoms with Crippen molar-refractivity contribution in [1.82, 2.24) is 9.80 Å². The zero-order chi connectivity index (χ0) is 14.6. The van der Waals surface area contributed by atoms with Gasteiger partial charge in [-0.25, -0.2) is 0 Å². The van der Waals surface area contributed by atoms with E-state index in [4.69, 9.17) is 4.74 Å². The van der Waals surface area contributed by atoms with Gasteiger partial charge < -0.3 is 14.7 Å². The van der Waals surface area contributed by atoms with Crippen molar-refractivity contribution < 1.29 is 19.4 Å². The third-order valence-electron chi connectivity index (χ3n) is 3.57. The number of hydrogen-bond acceptors (Lipinski definition) is 4. The molecule has 0 aliphatic carbocycles. The SMILES string of the molecule is CCCN(C(C)C(=O)N(C)C)C1COCC1C(=O)O. The molecule has 3 atom stereocenters. The fourth-order valence-corrected chi connectivity index (χ4v) is 2.53. The average Bonchev–Trinajstić information content (AvgIpc) is 2.83. The number of aliphatic carboxylic acids is 1. The summed E-state index contributed by atoms with van der Waals surface area (Å²) in [5.41, 5.74) is 0. The topological polar surface area (TPSA) is 70.1 Å². The summed E-state index contributed by atoms with van der Waals surface area (Å²) >= 11 is 0. The molecule has 0 aromatic carbocycles. The van der Waals surface area contributed by atoms with Gasteiger partial charge in [0.15, 0.2) is 0 Å². The third kappa shape index (κ3) is 3.67. The number of carboxylic acids is 1. The normalized spacial score (nSPS) is 24.5. The molecule has 0 bridgehead atoms. The molecule has 3 unspecified atom stereocenters. The number of hydrogen-bond donors (Lipinski definition) is 1. The van der Waals surface area contributed by atoms with Crippen LogP contribution >= 0.6 is 0 Å². The first-order chi connectivity index (χ1) is 8.90. The fourth-order valence-electron chi connectivity index (χ4n) is 2.53. The average molecular weight is 272 g/mol. The Balaban J connectivity index is 2.87. The van der Waals surface area contributed by atoms with Gasteiger partial charge in [-0.2, -0.15) is 0 Å². The molecule has 0 spiro atoms. The van der Waals surface area contributed by atoms with E-state index in [0.717, 1.165) is 6.42 Å². The van der Waals surface area contributed by atoms with E-state index in [9.17, 15) is 14.7 Å². The third-order valence-corrected chi connectivity index (χ3v) is 3.57. The maximum atomic E-state index is 12.1. The van der Waals surface area contributed by atoms with Crippen LogP contribution < -0.4 is 0 Å². The predicted molar refractivity (Wildman–Crippen MR) is 70.9 cm³/mol. The molecule has 19 heavy (non-hydrogen) atoms. The number of amides is 1. The monoisotopic (exact) mass is 272 g/mol. The Hall–Kier alpha value is -1.14. The highest BCUT2D eigenvalue weighted by molar-refractivity contribution is 5.81. The number of carbonyl (C=O) groups is 2. The number of carboxylic acid groups (broad SMARTS) is 1. The van der Waals surface area contributed by atoms with Crippen molar-refractivity contribution in [3.05, 3.63) is 0 Å². The first-order valence-corrected chi connectivity index (χ1v) is 6.67. The lowest BCUT2D eigenvalue weighted by Crippen LogP contribution is -2.53. The van der Waals surface area contributed by atoms with Crippen LogP contribution in [0, 0.1) is 5.92 Å². The van der Waals surface area contributed by atoms with Crippen molar-refractivity contribution in [1.29, 1.82) is 0 Å². The Labute approximate surface area is 114 Å². The molecule has 1 N–H and O–H groups in total. The lowest BCUT2D eigenvalue weighted by Gasteiger charge is -2.35. The van der Waals surface area contributed by atoms with Crippen LogP contribution in [0.2, 0.25) is 0 Å². The Kier molecular flexibility index (Phi) is 5.75. The lowest BCUT2D eigenvalue weighted by atomic mass is 10.00. The van der Waals surface area contributed by atoms with Crippen LogP contribution in [-0.4, -0.2) is 72.7 Å². The highest BCUT2D eigenvalue weighted by Crippen LogP contribution is 2.23. The molecule has 0 saturated carbocycles. The van der Waals surface area contributed by atoms with E-state index in [1.807, 2.05) is 18.7 Å². The standard InChI is InChI=1S/C13H24N2O4/c1-5-6-15(9(2)12(16)14(3)4)11-8-19-7-10(11)13(17)18/h9-11H,5-8H2,1-4H3,(H,17,18). The van der Waals surface area contributed by atoms with Crippen molar-refractivity contribution in [3.8, 4) is 0 Å². The van der Waals surface area contributed by atoms with Gasteiger partial charge >= 0.3 is 5.97 Å². The minimum absolute atomic E-state index is 0.00973. The van der Waals surface area contributed by atoms with Crippen molar-refractivity contribution in [2.24, 2.45) is 5.92 Å². The van der Waals surface area contributed by atoms with Crippen molar-refractivity contribution in [2.75, 3.05) is 33.9 Å². The summed E-state index contributed by atoms with van der Waals surface area (Å²) in [5, 5.41) is 9.23. The largest absolute Gasteiger partial charge is 0.481 e. The zero-order valence-corrected chi connectivity index (χ0v) is 12.1. The number of nitrogens with zero attached hydrogens (tertiary/aromatic N) is 2. The molecule has 0 radical (unpaired) electrons. The molecule has 1 fully saturated rings. The molecule has 1 rings (SSSR count). The van der Waals surface area contributed by atoms with Crippen LogP contribution in [0.1, 0.15) is 20.3 Å². The van der Waals surface area contributed by atoms with Crippen molar-refractivity contribution >= 4 is 11.9 Å². The molecule has 0 aromatic rings. The van der Waals surface area contributed by atoms with Gasteiger partial charge in [0, 0.05) is 20.1 Å². The van der Waals surface area contributed by atoms with Gasteiger partial charge in [0.05, 0.1) is 25.2 Å². The molecule has 1 amide bonds. The predicted octanol–water partition coefficient (Wildman–Crippen LogP) is 0.275. The summed E-state index contributed by atoms with van der Waals surface area (Å²) in [6.45, 7) is 5.14. The zero-order valence-electron chi connectivity index (χ0n) is 12.1. The molecule has 6 nitrogen and oxygen atoms in total. The fraction of sp³-hybridized carbons (Fsp3) is 0.846. The van der Waals surface area contributed by atoms with Gasteiger partial charge in [-0.05, 0) is 19.9 Å². The molecular weight excluding hydrogens is 248 g/mol. The van der Waals surface area contributed by atoms with Crippen LogP contribution in [0.4, 0.5) is 0 Å². The summed E-state index contributed by atoms with van der Waals surface area (Å²) in [7, 11) is 3.42. The second-order valence-corrected chi connectivity index (χ2v) is 5.20. The van der Waals surface area contributed by atoms with Crippen molar-refractivity contribution in [2.45, 2.75) is 32.4 Å². The van der Waals surface area contributed by atoms with Crippen LogP contribution in [0.15, 0.2) is 0 Å².